The number of aliphatic hydroxyl groups is 3. The van der Waals surface area contributed by atoms with Crippen LogP contribution in [0, 0.1) is 0 Å². The zero-order valence-electron chi connectivity index (χ0n) is 26.7. The number of aliphatic hydroxyl groups excluding tert-OH is 3. The van der Waals surface area contributed by atoms with E-state index in [9.17, 15) is 49.2 Å². The lowest BCUT2D eigenvalue weighted by Gasteiger charge is -2.28. The molecule has 0 aromatic heterocycles. The number of hydrogen-bond acceptors (Lipinski definition) is 13. The van der Waals surface area contributed by atoms with Crippen molar-refractivity contribution in [1.82, 2.24) is 26.6 Å². The Kier molecular flexibility index (Phi) is 18.4. The summed E-state index contributed by atoms with van der Waals surface area (Å²) in [5.74, 6) is -6.75. The van der Waals surface area contributed by atoms with Crippen LogP contribution >= 0.6 is 12.6 Å². The maximum atomic E-state index is 13.5. The number of carbonyl (C=O) groups excluding carboxylic acids is 5. The maximum absolute atomic E-state index is 13.5. The van der Waals surface area contributed by atoms with Crippen LogP contribution in [0.15, 0.2) is 24.3 Å². The maximum Gasteiger partial charge on any atom is 0.327 e. The van der Waals surface area contributed by atoms with Gasteiger partial charge in [-0.05, 0) is 50.9 Å². The molecule has 8 atom stereocenters. The monoisotopic (exact) mass is 701 g/mol. The highest BCUT2D eigenvalue weighted by Gasteiger charge is 2.35. The molecule has 1 aromatic carbocycles. The number of amides is 5. The highest BCUT2D eigenvalue weighted by atomic mass is 32.1. The highest BCUT2D eigenvalue weighted by Crippen LogP contribution is 2.12. The van der Waals surface area contributed by atoms with Crippen LogP contribution in [0.25, 0.3) is 0 Å². The summed E-state index contributed by atoms with van der Waals surface area (Å²) in [6.45, 7) is 1.80. The third-order valence-electron chi connectivity index (χ3n) is 7.05. The summed E-state index contributed by atoms with van der Waals surface area (Å²) in [5, 5.41) is 60.4. The van der Waals surface area contributed by atoms with Crippen molar-refractivity contribution in [3.8, 4) is 5.75 Å². The molecule has 270 valence electrons. The molecule has 0 saturated heterocycles. The number of carbonyl (C=O) groups is 6. The molecule has 19 heteroatoms. The molecule has 0 fully saturated rings. The normalized spacial score (nSPS) is 16.1. The Hall–Kier alpha value is -4.01. The fourth-order valence-corrected chi connectivity index (χ4v) is 4.46. The van der Waals surface area contributed by atoms with Crippen molar-refractivity contribution in [3.05, 3.63) is 29.8 Å². The van der Waals surface area contributed by atoms with E-state index in [1.165, 1.54) is 31.2 Å². The van der Waals surface area contributed by atoms with Gasteiger partial charge in [0.15, 0.2) is 0 Å². The summed E-state index contributed by atoms with van der Waals surface area (Å²) in [4.78, 5) is 76.3. The van der Waals surface area contributed by atoms with Crippen molar-refractivity contribution in [1.29, 1.82) is 0 Å². The Morgan fingerprint density at radius 1 is 0.750 bits per heavy atom. The molecule has 0 aliphatic carbocycles. The largest absolute Gasteiger partial charge is 0.508 e. The van der Waals surface area contributed by atoms with Gasteiger partial charge in [-0.1, -0.05) is 18.6 Å². The van der Waals surface area contributed by atoms with Crippen LogP contribution in [0.1, 0.15) is 38.7 Å². The minimum atomic E-state index is -1.75. The number of thiol groups is 1. The summed E-state index contributed by atoms with van der Waals surface area (Å²) in [6, 6.07) is -3.37. The molecule has 8 unspecified atom stereocenters. The summed E-state index contributed by atoms with van der Waals surface area (Å²) >= 11 is 3.83. The van der Waals surface area contributed by atoms with E-state index in [4.69, 9.17) is 16.6 Å². The second-order valence-corrected chi connectivity index (χ2v) is 11.5. The minimum Gasteiger partial charge on any atom is -0.508 e. The minimum absolute atomic E-state index is 0.0826. The first kappa shape index (κ1) is 42.0. The summed E-state index contributed by atoms with van der Waals surface area (Å²) < 4.78 is 0. The van der Waals surface area contributed by atoms with E-state index in [-0.39, 0.29) is 24.3 Å². The van der Waals surface area contributed by atoms with Crippen LogP contribution in [0.5, 0.6) is 5.75 Å². The van der Waals surface area contributed by atoms with Crippen molar-refractivity contribution >= 4 is 48.1 Å². The second kappa shape index (κ2) is 21.1. The van der Waals surface area contributed by atoms with Gasteiger partial charge in [0.05, 0.1) is 24.9 Å². The van der Waals surface area contributed by atoms with Gasteiger partial charge in [-0.2, -0.15) is 12.6 Å². The number of phenolic OH excluding ortho intramolecular Hbond substituents is 1. The van der Waals surface area contributed by atoms with Gasteiger partial charge in [0.25, 0.3) is 0 Å². The van der Waals surface area contributed by atoms with E-state index < -0.39 is 90.6 Å². The zero-order valence-corrected chi connectivity index (χ0v) is 27.6. The first-order valence-corrected chi connectivity index (χ1v) is 15.7. The predicted octanol–water partition coefficient (Wildman–Crippen LogP) is -4.42. The van der Waals surface area contributed by atoms with Crippen LogP contribution < -0.4 is 38.1 Å². The number of nitrogens with one attached hydrogen (secondary N) is 5. The number of phenols is 1. The fraction of sp³-hybridized carbons (Fsp3) is 0.586. The average molecular weight is 702 g/mol. The van der Waals surface area contributed by atoms with E-state index in [2.05, 4.69) is 39.2 Å². The molecule has 0 spiro atoms. The van der Waals surface area contributed by atoms with E-state index in [0.29, 0.717) is 24.9 Å². The quantitative estimate of drug-likeness (QED) is 0.0426. The van der Waals surface area contributed by atoms with Crippen LogP contribution in [0.4, 0.5) is 0 Å². The molecule has 0 aliphatic heterocycles. The van der Waals surface area contributed by atoms with Gasteiger partial charge in [0.2, 0.25) is 29.5 Å². The lowest BCUT2D eigenvalue weighted by molar-refractivity contribution is -0.142. The smallest absolute Gasteiger partial charge is 0.327 e. The molecule has 14 N–H and O–H groups in total. The molecule has 48 heavy (non-hydrogen) atoms. The molecule has 0 bridgehead atoms. The Balaban J connectivity index is 3.22. The lowest BCUT2D eigenvalue weighted by atomic mass is 10.0. The van der Waals surface area contributed by atoms with Gasteiger partial charge < -0.3 is 63.6 Å². The SMILES string of the molecule is CC(O)C(NC(=O)C(N)CCCCN)C(=O)NC(Cc1ccc(O)cc1)C(=O)NC(C(=O)NC(CO)C(=O)NC(CS)C(=O)O)C(C)O. The lowest BCUT2D eigenvalue weighted by Crippen LogP contribution is -2.63. The van der Waals surface area contributed by atoms with Crippen LogP contribution in [-0.2, 0) is 35.2 Å². The third kappa shape index (κ3) is 14.0. The van der Waals surface area contributed by atoms with E-state index >= 15 is 0 Å². The summed E-state index contributed by atoms with van der Waals surface area (Å²) in [5.41, 5.74) is 11.8. The van der Waals surface area contributed by atoms with Gasteiger partial charge in [-0.25, -0.2) is 4.79 Å². The zero-order chi connectivity index (χ0) is 36.6. The summed E-state index contributed by atoms with van der Waals surface area (Å²) in [6.07, 6.45) is -1.83. The Bertz CT molecular complexity index is 1240. The number of carboxylic acids is 1. The van der Waals surface area contributed by atoms with Crippen LogP contribution in [0.3, 0.4) is 0 Å². The Morgan fingerprint density at radius 2 is 1.23 bits per heavy atom. The average Bonchev–Trinajstić information content (AvgIpc) is 3.03. The number of hydrogen-bond donors (Lipinski definition) is 13. The number of rotatable bonds is 21. The molecule has 1 rings (SSSR count). The van der Waals surface area contributed by atoms with Gasteiger partial charge in [0, 0.05) is 12.2 Å². The van der Waals surface area contributed by atoms with Crippen molar-refractivity contribution in [2.75, 3.05) is 18.9 Å². The van der Waals surface area contributed by atoms with Crippen molar-refractivity contribution in [2.45, 2.75) is 88.0 Å². The van der Waals surface area contributed by atoms with E-state index in [0.717, 1.165) is 6.92 Å². The molecule has 5 amide bonds. The van der Waals surface area contributed by atoms with E-state index in [1.54, 1.807) is 0 Å². The van der Waals surface area contributed by atoms with Crippen LogP contribution in [-0.4, -0.2) is 128 Å². The van der Waals surface area contributed by atoms with Crippen molar-refractivity contribution in [2.24, 2.45) is 11.5 Å². The fourth-order valence-electron chi connectivity index (χ4n) is 4.22. The molecule has 0 saturated carbocycles. The molecular weight excluding hydrogens is 654 g/mol. The summed E-state index contributed by atoms with van der Waals surface area (Å²) in [7, 11) is 0. The number of unbranched alkanes of at least 4 members (excludes halogenated alkanes) is 1. The van der Waals surface area contributed by atoms with E-state index in [1.807, 2.05) is 0 Å². The number of benzene rings is 1. The number of nitrogens with two attached hydrogens (primary N) is 2. The number of carboxylic acid groups (broad SMARTS) is 1. The van der Waals surface area contributed by atoms with Crippen LogP contribution in [0.2, 0.25) is 0 Å². The van der Waals surface area contributed by atoms with Crippen molar-refractivity contribution in [3.63, 3.8) is 0 Å². The molecule has 18 nitrogen and oxygen atoms in total. The number of aliphatic carboxylic acids is 1. The van der Waals surface area contributed by atoms with Gasteiger partial charge in [-0.3, -0.25) is 24.0 Å². The first-order valence-electron chi connectivity index (χ1n) is 15.1. The highest BCUT2D eigenvalue weighted by molar-refractivity contribution is 7.80. The van der Waals surface area contributed by atoms with Gasteiger partial charge >= 0.3 is 5.97 Å². The van der Waals surface area contributed by atoms with Gasteiger partial charge in [0.1, 0.15) is 36.0 Å². The first-order chi connectivity index (χ1) is 22.6. The molecule has 0 radical (unpaired) electrons. The molecule has 1 aromatic rings. The second-order valence-electron chi connectivity index (χ2n) is 11.1. The third-order valence-corrected chi connectivity index (χ3v) is 7.42. The number of aromatic hydroxyl groups is 1. The molecule has 0 aliphatic rings. The Morgan fingerprint density at radius 3 is 1.69 bits per heavy atom. The molecule has 0 heterocycles. The molecular formula is C29H47N7O11S. The standard InChI is InChI=1S/C29H47N7O11S/c1-14(38)22(35-24(41)18(31)5-3-4-10-30)27(44)32-19(11-16-6-8-17(40)9-7-16)25(42)36-23(15(2)39)28(45)33-20(12-37)26(43)34-21(13-48)29(46)47/h6-9,14-15,18-23,37-40,48H,3-5,10-13,30-31H2,1-2H3,(H,32,44)(H,33,45)(H,34,43)(H,35,41)(H,36,42)(H,46,47). The topological polar surface area (TPSA) is 316 Å². The van der Waals surface area contributed by atoms with Gasteiger partial charge in [-0.15, -0.1) is 0 Å². The van der Waals surface area contributed by atoms with Crippen molar-refractivity contribution < 1.29 is 54.3 Å². The Labute approximate surface area is 282 Å². The predicted molar refractivity (Wildman–Crippen MR) is 174 cm³/mol.